The van der Waals surface area contributed by atoms with E-state index in [4.69, 9.17) is 16.3 Å². The fraction of sp³-hybridized carbons (Fsp3) is 0.154. The van der Waals surface area contributed by atoms with Crippen LogP contribution in [0.1, 0.15) is 12.5 Å². The zero-order valence-corrected chi connectivity index (χ0v) is 11.5. The molecule has 2 aromatic rings. The summed E-state index contributed by atoms with van der Waals surface area (Å²) < 4.78 is 5.34. The number of aromatic amines is 1. The quantitative estimate of drug-likeness (QED) is 0.654. The summed E-state index contributed by atoms with van der Waals surface area (Å²) in [6.07, 6.45) is 2.99. The molecule has 0 amide bonds. The van der Waals surface area contributed by atoms with Crippen LogP contribution in [0.4, 0.5) is 5.69 Å². The van der Waals surface area contributed by atoms with Crippen molar-refractivity contribution in [1.29, 1.82) is 0 Å². The molecule has 0 aliphatic rings. The summed E-state index contributed by atoms with van der Waals surface area (Å²) >= 11 is 5.79. The van der Waals surface area contributed by atoms with Gasteiger partial charge in [-0.3, -0.25) is 10.2 Å². The Hall–Kier alpha value is -2.34. The Balaban J connectivity index is 2.02. The number of aromatic nitrogens is 2. The molecule has 0 radical (unpaired) electrons. The summed E-state index contributed by atoms with van der Waals surface area (Å²) in [7, 11) is 0. The zero-order chi connectivity index (χ0) is 14.4. The first-order valence-electron chi connectivity index (χ1n) is 5.96. The number of nitrogens with one attached hydrogen (secondary N) is 2. The Morgan fingerprint density at radius 3 is 2.90 bits per heavy atom. The van der Waals surface area contributed by atoms with Gasteiger partial charge in [-0.1, -0.05) is 11.6 Å². The van der Waals surface area contributed by atoms with Crippen LogP contribution in [0.3, 0.4) is 0 Å². The van der Waals surface area contributed by atoms with Crippen molar-refractivity contribution in [2.75, 3.05) is 12.0 Å². The second kappa shape index (κ2) is 6.72. The van der Waals surface area contributed by atoms with Crippen LogP contribution in [0.25, 0.3) is 0 Å². The third-order valence-electron chi connectivity index (χ3n) is 2.39. The lowest BCUT2D eigenvalue weighted by Gasteiger charge is -2.02. The molecule has 0 atom stereocenters. The predicted molar refractivity (Wildman–Crippen MR) is 78.7 cm³/mol. The van der Waals surface area contributed by atoms with Crippen molar-refractivity contribution in [3.8, 4) is 5.75 Å². The molecule has 0 aliphatic heterocycles. The average molecular weight is 293 g/mol. The molecule has 7 heteroatoms. The molecule has 0 bridgehead atoms. The molecule has 1 aromatic carbocycles. The molecule has 104 valence electrons. The Morgan fingerprint density at radius 2 is 2.20 bits per heavy atom. The summed E-state index contributed by atoms with van der Waals surface area (Å²) in [6.45, 7) is 2.56. The highest BCUT2D eigenvalue weighted by atomic mass is 35.5. The monoisotopic (exact) mass is 292 g/mol. The highest BCUT2D eigenvalue weighted by Gasteiger charge is 2.02. The number of hydrogen-bond donors (Lipinski definition) is 2. The van der Waals surface area contributed by atoms with Crippen molar-refractivity contribution in [1.82, 2.24) is 10.2 Å². The second-order valence-electron chi connectivity index (χ2n) is 3.80. The maximum Gasteiger partial charge on any atom is 0.285 e. The van der Waals surface area contributed by atoms with Crippen molar-refractivity contribution in [2.24, 2.45) is 5.10 Å². The van der Waals surface area contributed by atoms with Crippen LogP contribution in [0.5, 0.6) is 5.75 Å². The normalized spacial score (nSPS) is 10.7. The largest absolute Gasteiger partial charge is 0.494 e. The van der Waals surface area contributed by atoms with Gasteiger partial charge >= 0.3 is 0 Å². The molecule has 0 fully saturated rings. The van der Waals surface area contributed by atoms with Crippen LogP contribution < -0.4 is 15.7 Å². The lowest BCUT2D eigenvalue weighted by molar-refractivity contribution is 0.340. The summed E-state index contributed by atoms with van der Waals surface area (Å²) in [5.74, 6) is 0.805. The first-order valence-corrected chi connectivity index (χ1v) is 6.33. The van der Waals surface area contributed by atoms with Gasteiger partial charge in [-0.05, 0) is 36.8 Å². The van der Waals surface area contributed by atoms with Crippen molar-refractivity contribution in [2.45, 2.75) is 6.92 Å². The number of anilines is 1. The van der Waals surface area contributed by atoms with Gasteiger partial charge in [0.15, 0.2) is 0 Å². The van der Waals surface area contributed by atoms with Crippen LogP contribution in [-0.2, 0) is 0 Å². The van der Waals surface area contributed by atoms with Gasteiger partial charge in [-0.25, -0.2) is 5.10 Å². The van der Waals surface area contributed by atoms with Crippen molar-refractivity contribution in [3.05, 3.63) is 51.4 Å². The van der Waals surface area contributed by atoms with Gasteiger partial charge < -0.3 is 4.74 Å². The molecular formula is C13H13ClN4O2. The molecule has 2 rings (SSSR count). The standard InChI is InChI=1S/C13H13ClN4O2/c1-2-20-10-5-3-9(4-6-10)7-15-17-11-8-16-18-13(19)12(11)14/h3-8H,2H2,1H3,(H2,17,18,19)/b15-7+. The van der Waals surface area contributed by atoms with Crippen LogP contribution in [0.2, 0.25) is 5.02 Å². The summed E-state index contributed by atoms with van der Waals surface area (Å²) in [5.41, 5.74) is 3.43. The minimum atomic E-state index is -0.465. The van der Waals surface area contributed by atoms with Crippen LogP contribution in [-0.4, -0.2) is 23.0 Å². The molecular weight excluding hydrogens is 280 g/mol. The topological polar surface area (TPSA) is 79.4 Å². The lowest BCUT2D eigenvalue weighted by atomic mass is 10.2. The maximum absolute atomic E-state index is 11.2. The second-order valence-corrected chi connectivity index (χ2v) is 4.18. The fourth-order valence-electron chi connectivity index (χ4n) is 1.45. The molecule has 0 aliphatic carbocycles. The summed E-state index contributed by atoms with van der Waals surface area (Å²) in [5, 5.41) is 9.86. The van der Waals surface area contributed by atoms with Gasteiger partial charge in [0.2, 0.25) is 0 Å². The molecule has 0 spiro atoms. The highest BCUT2D eigenvalue weighted by Crippen LogP contribution is 2.14. The summed E-state index contributed by atoms with van der Waals surface area (Å²) in [6, 6.07) is 7.45. The molecule has 2 N–H and O–H groups in total. The minimum absolute atomic E-state index is 0.0174. The molecule has 6 nitrogen and oxygen atoms in total. The minimum Gasteiger partial charge on any atom is -0.494 e. The van der Waals surface area contributed by atoms with Gasteiger partial charge in [0.05, 0.1) is 19.0 Å². The van der Waals surface area contributed by atoms with E-state index in [2.05, 4.69) is 20.7 Å². The molecule has 1 aromatic heterocycles. The van der Waals surface area contributed by atoms with Crippen LogP contribution in [0.15, 0.2) is 40.4 Å². The third-order valence-corrected chi connectivity index (χ3v) is 2.76. The van der Waals surface area contributed by atoms with E-state index in [0.29, 0.717) is 12.3 Å². The lowest BCUT2D eigenvalue weighted by Crippen LogP contribution is -2.10. The van der Waals surface area contributed by atoms with E-state index in [0.717, 1.165) is 11.3 Å². The molecule has 0 saturated carbocycles. The third kappa shape index (κ3) is 3.58. The van der Waals surface area contributed by atoms with Gasteiger partial charge in [0.1, 0.15) is 16.5 Å². The van der Waals surface area contributed by atoms with Gasteiger partial charge in [-0.2, -0.15) is 10.2 Å². The number of hydrogen-bond acceptors (Lipinski definition) is 5. The summed E-state index contributed by atoms with van der Waals surface area (Å²) in [4.78, 5) is 11.2. The van der Waals surface area contributed by atoms with E-state index in [9.17, 15) is 4.79 Å². The van der Waals surface area contributed by atoms with E-state index >= 15 is 0 Å². The highest BCUT2D eigenvalue weighted by molar-refractivity contribution is 6.32. The van der Waals surface area contributed by atoms with E-state index in [1.54, 1.807) is 6.21 Å². The smallest absolute Gasteiger partial charge is 0.285 e. The van der Waals surface area contributed by atoms with E-state index in [1.807, 2.05) is 31.2 Å². The van der Waals surface area contributed by atoms with Crippen molar-refractivity contribution < 1.29 is 4.74 Å². The maximum atomic E-state index is 11.2. The number of benzene rings is 1. The van der Waals surface area contributed by atoms with E-state index in [-0.39, 0.29) is 5.02 Å². The first kappa shape index (κ1) is 14.1. The number of nitrogens with zero attached hydrogens (tertiary/aromatic N) is 2. The van der Waals surface area contributed by atoms with E-state index in [1.165, 1.54) is 6.20 Å². The molecule has 0 unspecified atom stereocenters. The van der Waals surface area contributed by atoms with Crippen LogP contribution in [0, 0.1) is 0 Å². The number of rotatable bonds is 5. The Morgan fingerprint density at radius 1 is 1.45 bits per heavy atom. The Labute approximate surface area is 120 Å². The molecule has 0 saturated heterocycles. The molecule has 1 heterocycles. The number of H-pyrrole nitrogens is 1. The fourth-order valence-corrected chi connectivity index (χ4v) is 1.59. The molecule has 20 heavy (non-hydrogen) atoms. The number of halogens is 1. The van der Waals surface area contributed by atoms with Gasteiger partial charge in [0.25, 0.3) is 5.56 Å². The van der Waals surface area contributed by atoms with Crippen LogP contribution >= 0.6 is 11.6 Å². The SMILES string of the molecule is CCOc1ccc(/C=N/Nc2cn[nH]c(=O)c2Cl)cc1. The van der Waals surface area contributed by atoms with E-state index < -0.39 is 5.56 Å². The van der Waals surface area contributed by atoms with Crippen molar-refractivity contribution in [3.63, 3.8) is 0 Å². The zero-order valence-electron chi connectivity index (χ0n) is 10.8. The first-order chi connectivity index (χ1) is 9.70. The van der Waals surface area contributed by atoms with Crippen molar-refractivity contribution >= 4 is 23.5 Å². The number of hydrazone groups is 1. The Bertz CT molecular complexity index is 652. The average Bonchev–Trinajstić information content (AvgIpc) is 2.46. The van der Waals surface area contributed by atoms with Gasteiger partial charge in [-0.15, -0.1) is 0 Å². The van der Waals surface area contributed by atoms with Gasteiger partial charge in [0, 0.05) is 0 Å². The number of ether oxygens (including phenoxy) is 1. The Kier molecular flexibility index (Phi) is 4.73. The predicted octanol–water partition coefficient (Wildman–Crippen LogP) is 2.27.